The monoisotopic (exact) mass is 234 g/mol. The zero-order chi connectivity index (χ0) is 12.6. The SMILES string of the molecule is CC(C(=O)O)N1C(=O)N(C)Cc2ccccc21. The number of carbonyl (C=O) groups is 2. The lowest BCUT2D eigenvalue weighted by atomic mass is 10.1. The topological polar surface area (TPSA) is 60.9 Å². The molecule has 5 nitrogen and oxygen atoms in total. The number of anilines is 1. The quantitative estimate of drug-likeness (QED) is 0.844. The normalized spacial score (nSPS) is 16.7. The van der Waals surface area contributed by atoms with Gasteiger partial charge in [-0.2, -0.15) is 0 Å². The van der Waals surface area contributed by atoms with E-state index in [1.54, 1.807) is 19.2 Å². The summed E-state index contributed by atoms with van der Waals surface area (Å²) in [6.45, 7) is 2.02. The molecule has 0 fully saturated rings. The molecular formula is C12H14N2O3. The lowest BCUT2D eigenvalue weighted by Gasteiger charge is -2.37. The van der Waals surface area contributed by atoms with E-state index in [1.807, 2.05) is 12.1 Å². The average molecular weight is 234 g/mol. The molecule has 90 valence electrons. The van der Waals surface area contributed by atoms with E-state index in [2.05, 4.69) is 0 Å². The molecule has 1 aromatic rings. The third kappa shape index (κ3) is 1.84. The Bertz CT molecular complexity index is 473. The number of urea groups is 1. The van der Waals surface area contributed by atoms with Crippen molar-refractivity contribution in [3.63, 3.8) is 0 Å². The average Bonchev–Trinajstić information content (AvgIpc) is 2.30. The minimum absolute atomic E-state index is 0.279. The van der Waals surface area contributed by atoms with Crippen molar-refractivity contribution in [1.29, 1.82) is 0 Å². The fourth-order valence-electron chi connectivity index (χ4n) is 1.97. The van der Waals surface area contributed by atoms with Crippen molar-refractivity contribution in [2.24, 2.45) is 0 Å². The number of carboxylic acid groups (broad SMARTS) is 1. The molecule has 1 aliphatic heterocycles. The number of carboxylic acids is 1. The van der Waals surface area contributed by atoms with E-state index >= 15 is 0 Å². The number of para-hydroxylation sites is 1. The number of aliphatic carboxylic acids is 1. The Morgan fingerprint density at radius 2 is 2.06 bits per heavy atom. The number of hydrogen-bond donors (Lipinski definition) is 1. The fraction of sp³-hybridized carbons (Fsp3) is 0.333. The molecule has 0 saturated heterocycles. The first-order chi connectivity index (χ1) is 8.02. The van der Waals surface area contributed by atoms with Crippen LogP contribution in [0.1, 0.15) is 12.5 Å². The van der Waals surface area contributed by atoms with Gasteiger partial charge in [0.1, 0.15) is 6.04 Å². The highest BCUT2D eigenvalue weighted by Gasteiger charge is 2.34. The van der Waals surface area contributed by atoms with Crippen LogP contribution in [0, 0.1) is 0 Å². The Kier molecular flexibility index (Phi) is 2.75. The van der Waals surface area contributed by atoms with E-state index in [1.165, 1.54) is 16.7 Å². The number of rotatable bonds is 2. The molecular weight excluding hydrogens is 220 g/mol. The summed E-state index contributed by atoms with van der Waals surface area (Å²) in [5, 5.41) is 9.05. The van der Waals surface area contributed by atoms with E-state index in [-0.39, 0.29) is 6.03 Å². The largest absolute Gasteiger partial charge is 0.480 e. The van der Waals surface area contributed by atoms with Gasteiger partial charge in [0.05, 0.1) is 5.69 Å². The van der Waals surface area contributed by atoms with Crippen molar-refractivity contribution in [1.82, 2.24) is 4.90 Å². The fourth-order valence-corrected chi connectivity index (χ4v) is 1.97. The summed E-state index contributed by atoms with van der Waals surface area (Å²) in [5.74, 6) is -1.01. The molecule has 1 unspecified atom stereocenters. The minimum atomic E-state index is -1.01. The summed E-state index contributed by atoms with van der Waals surface area (Å²) in [7, 11) is 1.67. The Hall–Kier alpha value is -2.04. The van der Waals surface area contributed by atoms with Gasteiger partial charge in [-0.1, -0.05) is 18.2 Å². The van der Waals surface area contributed by atoms with Crippen LogP contribution in [0.3, 0.4) is 0 Å². The van der Waals surface area contributed by atoms with Crippen molar-refractivity contribution in [2.45, 2.75) is 19.5 Å². The maximum Gasteiger partial charge on any atom is 0.326 e. The smallest absolute Gasteiger partial charge is 0.326 e. The molecule has 17 heavy (non-hydrogen) atoms. The zero-order valence-electron chi connectivity index (χ0n) is 9.75. The standard InChI is InChI=1S/C12H14N2O3/c1-8(11(15)16)14-10-6-4-3-5-9(10)7-13(2)12(14)17/h3-6,8H,7H2,1-2H3,(H,15,16). The predicted octanol–water partition coefficient (Wildman–Crippen LogP) is 1.53. The molecule has 1 aromatic carbocycles. The third-order valence-electron chi connectivity index (χ3n) is 2.94. The molecule has 1 heterocycles. The molecule has 5 heteroatoms. The van der Waals surface area contributed by atoms with E-state index in [4.69, 9.17) is 5.11 Å². The number of carbonyl (C=O) groups excluding carboxylic acids is 1. The summed E-state index contributed by atoms with van der Waals surface area (Å²) in [6.07, 6.45) is 0. The first-order valence-electron chi connectivity index (χ1n) is 5.37. The summed E-state index contributed by atoms with van der Waals surface area (Å²) in [5.41, 5.74) is 1.65. The number of fused-ring (bicyclic) bond motifs is 1. The minimum Gasteiger partial charge on any atom is -0.480 e. The molecule has 2 amide bonds. The van der Waals surface area contributed by atoms with Gasteiger partial charge in [0.2, 0.25) is 0 Å². The van der Waals surface area contributed by atoms with Gasteiger partial charge in [-0.15, -0.1) is 0 Å². The summed E-state index contributed by atoms with van der Waals surface area (Å²) >= 11 is 0. The summed E-state index contributed by atoms with van der Waals surface area (Å²) < 4.78 is 0. The maximum atomic E-state index is 12.0. The van der Waals surface area contributed by atoms with Gasteiger partial charge in [0, 0.05) is 13.6 Å². The van der Waals surface area contributed by atoms with Crippen LogP contribution in [0.4, 0.5) is 10.5 Å². The highest BCUT2D eigenvalue weighted by Crippen LogP contribution is 2.29. The number of amides is 2. The Morgan fingerprint density at radius 1 is 1.41 bits per heavy atom. The maximum absolute atomic E-state index is 12.0. The summed E-state index contributed by atoms with van der Waals surface area (Å²) in [6, 6.07) is 6.22. The molecule has 1 aliphatic rings. The Balaban J connectivity index is 2.49. The number of benzene rings is 1. The molecule has 1 atom stereocenters. The molecule has 0 aliphatic carbocycles. The summed E-state index contributed by atoms with van der Waals surface area (Å²) in [4.78, 5) is 25.9. The van der Waals surface area contributed by atoms with Crippen LogP contribution in [0.25, 0.3) is 0 Å². The lowest BCUT2D eigenvalue weighted by Crippen LogP contribution is -2.52. The number of nitrogens with zero attached hydrogens (tertiary/aromatic N) is 2. The van der Waals surface area contributed by atoms with Crippen LogP contribution in [0.15, 0.2) is 24.3 Å². The van der Waals surface area contributed by atoms with E-state index < -0.39 is 12.0 Å². The van der Waals surface area contributed by atoms with Gasteiger partial charge in [0.25, 0.3) is 0 Å². The molecule has 0 aromatic heterocycles. The molecule has 0 radical (unpaired) electrons. The van der Waals surface area contributed by atoms with Crippen LogP contribution >= 0.6 is 0 Å². The molecule has 1 N–H and O–H groups in total. The van der Waals surface area contributed by atoms with Gasteiger partial charge < -0.3 is 10.0 Å². The molecule has 0 bridgehead atoms. The van der Waals surface area contributed by atoms with Crippen molar-refractivity contribution in [2.75, 3.05) is 11.9 Å². The highest BCUT2D eigenvalue weighted by molar-refractivity contribution is 5.99. The van der Waals surface area contributed by atoms with E-state index in [0.717, 1.165) is 5.56 Å². The van der Waals surface area contributed by atoms with E-state index in [9.17, 15) is 9.59 Å². The van der Waals surface area contributed by atoms with Gasteiger partial charge in [-0.25, -0.2) is 9.59 Å². The van der Waals surface area contributed by atoms with Crippen LogP contribution < -0.4 is 4.90 Å². The van der Waals surface area contributed by atoms with Crippen molar-refractivity contribution in [3.8, 4) is 0 Å². The second-order valence-corrected chi connectivity index (χ2v) is 4.15. The highest BCUT2D eigenvalue weighted by atomic mass is 16.4. The van der Waals surface area contributed by atoms with Crippen molar-refractivity contribution >= 4 is 17.7 Å². The van der Waals surface area contributed by atoms with Gasteiger partial charge >= 0.3 is 12.0 Å². The first-order valence-corrected chi connectivity index (χ1v) is 5.37. The predicted molar refractivity (Wildman–Crippen MR) is 62.9 cm³/mol. The van der Waals surface area contributed by atoms with Gasteiger partial charge in [-0.05, 0) is 18.6 Å². The second kappa shape index (κ2) is 4.08. The molecule has 0 spiro atoms. The molecule has 2 rings (SSSR count). The second-order valence-electron chi connectivity index (χ2n) is 4.15. The van der Waals surface area contributed by atoms with Crippen LogP contribution in [0.5, 0.6) is 0 Å². The first kappa shape index (κ1) is 11.4. The van der Waals surface area contributed by atoms with Gasteiger partial charge in [0.15, 0.2) is 0 Å². The zero-order valence-corrected chi connectivity index (χ0v) is 9.75. The van der Waals surface area contributed by atoms with Crippen LogP contribution in [-0.2, 0) is 11.3 Å². The lowest BCUT2D eigenvalue weighted by molar-refractivity contribution is -0.138. The van der Waals surface area contributed by atoms with Crippen LogP contribution in [0.2, 0.25) is 0 Å². The Morgan fingerprint density at radius 3 is 2.71 bits per heavy atom. The Labute approximate surface area is 99.3 Å². The number of hydrogen-bond acceptors (Lipinski definition) is 2. The van der Waals surface area contributed by atoms with E-state index in [0.29, 0.717) is 12.2 Å². The van der Waals surface area contributed by atoms with Crippen molar-refractivity contribution < 1.29 is 14.7 Å². The third-order valence-corrected chi connectivity index (χ3v) is 2.94. The van der Waals surface area contributed by atoms with Gasteiger partial charge in [-0.3, -0.25) is 4.90 Å². The van der Waals surface area contributed by atoms with Crippen LogP contribution in [-0.4, -0.2) is 35.1 Å². The molecule has 0 saturated carbocycles. The van der Waals surface area contributed by atoms with Crippen molar-refractivity contribution in [3.05, 3.63) is 29.8 Å².